The van der Waals surface area contributed by atoms with Gasteiger partial charge in [0.25, 0.3) is 0 Å². The Bertz CT molecular complexity index is 761. The normalized spacial score (nSPS) is 26.2. The summed E-state index contributed by atoms with van der Waals surface area (Å²) in [5.41, 5.74) is 1.20. The van der Waals surface area contributed by atoms with Gasteiger partial charge in [-0.2, -0.15) is 5.10 Å². The van der Waals surface area contributed by atoms with Gasteiger partial charge in [-0.15, -0.1) is 0 Å². The SMILES string of the molecule is CC(C)c1nccn1[C@@H]1CCCN(C(=O)[C@H]2C[C@H]2c2cnn(C)c2)C1. The van der Waals surface area contributed by atoms with Gasteiger partial charge in [-0.05, 0) is 30.7 Å². The molecule has 0 radical (unpaired) electrons. The average molecular weight is 341 g/mol. The van der Waals surface area contributed by atoms with Crippen molar-refractivity contribution in [3.63, 3.8) is 0 Å². The van der Waals surface area contributed by atoms with Gasteiger partial charge in [0.15, 0.2) is 0 Å². The number of amides is 1. The third kappa shape index (κ3) is 3.10. The molecule has 2 fully saturated rings. The van der Waals surface area contributed by atoms with Crippen LogP contribution in [0.3, 0.4) is 0 Å². The predicted molar refractivity (Wildman–Crippen MR) is 95.2 cm³/mol. The fraction of sp³-hybridized carbons (Fsp3) is 0.632. The second kappa shape index (κ2) is 6.32. The molecule has 0 spiro atoms. The monoisotopic (exact) mass is 341 g/mol. The number of imidazole rings is 1. The second-order valence-electron chi connectivity index (χ2n) is 7.82. The summed E-state index contributed by atoms with van der Waals surface area (Å²) in [5.74, 6) is 2.36. The van der Waals surface area contributed by atoms with E-state index in [1.807, 2.05) is 30.3 Å². The fourth-order valence-corrected chi connectivity index (χ4v) is 4.16. The van der Waals surface area contributed by atoms with Crippen LogP contribution >= 0.6 is 0 Å². The van der Waals surface area contributed by atoms with Gasteiger partial charge in [-0.3, -0.25) is 9.48 Å². The molecule has 25 heavy (non-hydrogen) atoms. The molecule has 1 saturated carbocycles. The number of hydrogen-bond donors (Lipinski definition) is 0. The Balaban J connectivity index is 1.43. The smallest absolute Gasteiger partial charge is 0.226 e. The van der Waals surface area contributed by atoms with E-state index >= 15 is 0 Å². The molecule has 134 valence electrons. The Kier molecular flexibility index (Phi) is 4.13. The van der Waals surface area contributed by atoms with E-state index in [1.165, 1.54) is 5.56 Å². The van der Waals surface area contributed by atoms with Gasteiger partial charge >= 0.3 is 0 Å². The Morgan fingerprint density at radius 3 is 2.92 bits per heavy atom. The second-order valence-corrected chi connectivity index (χ2v) is 7.82. The van der Waals surface area contributed by atoms with Crippen molar-refractivity contribution in [2.75, 3.05) is 13.1 Å². The van der Waals surface area contributed by atoms with Crippen molar-refractivity contribution in [2.45, 2.75) is 51.0 Å². The topological polar surface area (TPSA) is 56.0 Å². The van der Waals surface area contributed by atoms with E-state index in [-0.39, 0.29) is 5.92 Å². The molecule has 1 saturated heterocycles. The molecule has 1 aliphatic heterocycles. The van der Waals surface area contributed by atoms with Crippen molar-refractivity contribution in [2.24, 2.45) is 13.0 Å². The molecule has 0 N–H and O–H groups in total. The highest BCUT2D eigenvalue weighted by atomic mass is 16.2. The molecule has 4 rings (SSSR count). The molecule has 6 nitrogen and oxygen atoms in total. The maximum atomic E-state index is 13.0. The van der Waals surface area contributed by atoms with Crippen molar-refractivity contribution >= 4 is 5.91 Å². The largest absolute Gasteiger partial charge is 0.340 e. The number of hydrogen-bond acceptors (Lipinski definition) is 3. The van der Waals surface area contributed by atoms with Crippen LogP contribution in [0.4, 0.5) is 0 Å². The highest BCUT2D eigenvalue weighted by molar-refractivity contribution is 5.83. The number of rotatable bonds is 4. The van der Waals surface area contributed by atoms with Crippen LogP contribution in [-0.4, -0.2) is 43.2 Å². The van der Waals surface area contributed by atoms with Gasteiger partial charge in [-0.1, -0.05) is 13.8 Å². The molecule has 2 aromatic heterocycles. The first-order valence-electron chi connectivity index (χ1n) is 9.34. The number of aromatic nitrogens is 4. The van der Waals surface area contributed by atoms with Gasteiger partial charge in [0.05, 0.1) is 12.2 Å². The van der Waals surface area contributed by atoms with E-state index < -0.39 is 0 Å². The van der Waals surface area contributed by atoms with Crippen LogP contribution in [0.25, 0.3) is 0 Å². The molecule has 0 unspecified atom stereocenters. The van der Waals surface area contributed by atoms with Gasteiger partial charge in [0, 0.05) is 50.6 Å². The minimum absolute atomic E-state index is 0.148. The average Bonchev–Trinajstić information content (AvgIpc) is 3.03. The van der Waals surface area contributed by atoms with E-state index in [0.717, 1.165) is 38.2 Å². The number of carbonyl (C=O) groups is 1. The van der Waals surface area contributed by atoms with E-state index in [9.17, 15) is 4.79 Å². The molecular formula is C19H27N5O. The van der Waals surface area contributed by atoms with E-state index in [1.54, 1.807) is 0 Å². The number of piperidine rings is 1. The zero-order chi connectivity index (χ0) is 17.6. The van der Waals surface area contributed by atoms with Crippen LogP contribution in [0.2, 0.25) is 0 Å². The Hall–Kier alpha value is -2.11. The van der Waals surface area contributed by atoms with E-state index in [4.69, 9.17) is 0 Å². The standard InChI is InChI=1S/C19H27N5O/c1-13(2)18-20-6-8-24(18)15-5-4-7-23(12-15)19(25)17-9-16(17)14-10-21-22(3)11-14/h6,8,10-11,13,15-17H,4-5,7,9,12H2,1-3H3/t15-,16+,17+/m1/s1. The Morgan fingerprint density at radius 2 is 2.20 bits per heavy atom. The summed E-state index contributed by atoms with van der Waals surface area (Å²) in [5, 5.41) is 4.24. The van der Waals surface area contributed by atoms with Gasteiger partial charge in [0.2, 0.25) is 5.91 Å². The first-order valence-corrected chi connectivity index (χ1v) is 9.34. The molecule has 3 atom stereocenters. The summed E-state index contributed by atoms with van der Waals surface area (Å²) in [6.45, 7) is 6.04. The lowest BCUT2D eigenvalue weighted by atomic mass is 10.0. The molecule has 1 aliphatic carbocycles. The molecule has 3 heterocycles. The summed E-state index contributed by atoms with van der Waals surface area (Å²) < 4.78 is 4.11. The zero-order valence-corrected chi connectivity index (χ0v) is 15.3. The lowest BCUT2D eigenvalue weighted by Gasteiger charge is -2.34. The highest BCUT2D eigenvalue weighted by Gasteiger charge is 2.47. The molecule has 6 heteroatoms. The third-order valence-corrected chi connectivity index (χ3v) is 5.58. The summed E-state index contributed by atoms with van der Waals surface area (Å²) in [4.78, 5) is 19.6. The summed E-state index contributed by atoms with van der Waals surface area (Å²) in [7, 11) is 1.93. The molecular weight excluding hydrogens is 314 g/mol. The van der Waals surface area contributed by atoms with Crippen molar-refractivity contribution < 1.29 is 4.79 Å². The van der Waals surface area contributed by atoms with Gasteiger partial charge in [-0.25, -0.2) is 4.98 Å². The quantitative estimate of drug-likeness (QED) is 0.859. The molecule has 0 bridgehead atoms. The molecule has 2 aliphatic rings. The molecule has 0 aromatic carbocycles. The Morgan fingerprint density at radius 1 is 1.36 bits per heavy atom. The van der Waals surface area contributed by atoms with Crippen LogP contribution in [0.15, 0.2) is 24.8 Å². The van der Waals surface area contributed by atoms with Crippen molar-refractivity contribution in [3.8, 4) is 0 Å². The first-order chi connectivity index (χ1) is 12.0. The summed E-state index contributed by atoms with van der Waals surface area (Å²) in [6, 6.07) is 0.355. The minimum Gasteiger partial charge on any atom is -0.340 e. The molecule has 1 amide bonds. The lowest BCUT2D eigenvalue weighted by molar-refractivity contribution is -0.134. The van der Waals surface area contributed by atoms with E-state index in [0.29, 0.717) is 23.8 Å². The third-order valence-electron chi connectivity index (χ3n) is 5.58. The van der Waals surface area contributed by atoms with Crippen molar-refractivity contribution in [1.29, 1.82) is 0 Å². The number of carbonyl (C=O) groups excluding carboxylic acids is 1. The minimum atomic E-state index is 0.148. The van der Waals surface area contributed by atoms with Crippen molar-refractivity contribution in [1.82, 2.24) is 24.2 Å². The van der Waals surface area contributed by atoms with Gasteiger partial charge in [0.1, 0.15) is 5.82 Å². The highest BCUT2D eigenvalue weighted by Crippen LogP contribution is 2.48. The van der Waals surface area contributed by atoms with Crippen LogP contribution in [0, 0.1) is 5.92 Å². The van der Waals surface area contributed by atoms with Gasteiger partial charge < -0.3 is 9.47 Å². The van der Waals surface area contributed by atoms with Crippen LogP contribution in [0.1, 0.15) is 62.4 Å². The van der Waals surface area contributed by atoms with Crippen LogP contribution in [0.5, 0.6) is 0 Å². The summed E-state index contributed by atoms with van der Waals surface area (Å²) in [6.07, 6.45) is 11.1. The molecule has 2 aromatic rings. The maximum absolute atomic E-state index is 13.0. The number of nitrogens with zero attached hydrogens (tertiary/aromatic N) is 5. The summed E-state index contributed by atoms with van der Waals surface area (Å²) >= 11 is 0. The fourth-order valence-electron chi connectivity index (χ4n) is 4.16. The number of likely N-dealkylation sites (tertiary alicyclic amines) is 1. The first kappa shape index (κ1) is 16.4. The van der Waals surface area contributed by atoms with E-state index in [2.05, 4.69) is 39.6 Å². The predicted octanol–water partition coefficient (Wildman–Crippen LogP) is 2.71. The maximum Gasteiger partial charge on any atom is 0.226 e. The van der Waals surface area contributed by atoms with Crippen LogP contribution in [-0.2, 0) is 11.8 Å². The Labute approximate surface area is 148 Å². The zero-order valence-electron chi connectivity index (χ0n) is 15.3. The number of aryl methyl sites for hydroxylation is 1. The van der Waals surface area contributed by atoms with Crippen LogP contribution < -0.4 is 0 Å². The lowest BCUT2D eigenvalue weighted by Crippen LogP contribution is -2.42. The van der Waals surface area contributed by atoms with Crippen molar-refractivity contribution in [3.05, 3.63) is 36.2 Å².